The van der Waals surface area contributed by atoms with Gasteiger partial charge in [0.15, 0.2) is 0 Å². The van der Waals surface area contributed by atoms with Crippen LogP contribution in [0.3, 0.4) is 0 Å². The second-order valence-corrected chi connectivity index (χ2v) is 5.45. The predicted molar refractivity (Wildman–Crippen MR) is 90.7 cm³/mol. The summed E-state index contributed by atoms with van der Waals surface area (Å²) in [5, 5.41) is 3.31. The molecule has 118 valence electrons. The SMILES string of the molecule is CCNCc1cccc(OCCOc2cc(C)cc(C)c2)c1. The van der Waals surface area contributed by atoms with E-state index in [-0.39, 0.29) is 0 Å². The highest BCUT2D eigenvalue weighted by Crippen LogP contribution is 2.17. The first-order valence-corrected chi connectivity index (χ1v) is 7.81. The molecule has 0 aliphatic heterocycles. The van der Waals surface area contributed by atoms with E-state index in [1.807, 2.05) is 24.3 Å². The van der Waals surface area contributed by atoms with Crippen molar-refractivity contribution in [1.82, 2.24) is 5.32 Å². The van der Waals surface area contributed by atoms with Gasteiger partial charge in [0.1, 0.15) is 24.7 Å². The number of hydrogen-bond acceptors (Lipinski definition) is 3. The largest absolute Gasteiger partial charge is 0.490 e. The molecule has 0 bridgehead atoms. The highest BCUT2D eigenvalue weighted by Gasteiger charge is 1.99. The Labute approximate surface area is 133 Å². The van der Waals surface area contributed by atoms with Gasteiger partial charge in [0.05, 0.1) is 0 Å². The van der Waals surface area contributed by atoms with Crippen LogP contribution >= 0.6 is 0 Å². The summed E-state index contributed by atoms with van der Waals surface area (Å²) in [5.74, 6) is 1.79. The fourth-order valence-corrected chi connectivity index (χ4v) is 2.35. The molecule has 0 saturated heterocycles. The molecule has 0 aliphatic carbocycles. The zero-order valence-electron chi connectivity index (χ0n) is 13.7. The van der Waals surface area contributed by atoms with Gasteiger partial charge in [0, 0.05) is 6.54 Å². The third kappa shape index (κ3) is 5.41. The maximum atomic E-state index is 5.76. The van der Waals surface area contributed by atoms with Gasteiger partial charge < -0.3 is 14.8 Å². The van der Waals surface area contributed by atoms with Gasteiger partial charge in [-0.2, -0.15) is 0 Å². The number of hydrogen-bond donors (Lipinski definition) is 1. The van der Waals surface area contributed by atoms with Crippen LogP contribution in [0.15, 0.2) is 42.5 Å². The van der Waals surface area contributed by atoms with E-state index in [0.717, 1.165) is 24.6 Å². The van der Waals surface area contributed by atoms with Crippen LogP contribution in [0.2, 0.25) is 0 Å². The highest BCUT2D eigenvalue weighted by atomic mass is 16.5. The summed E-state index contributed by atoms with van der Waals surface area (Å²) in [6, 6.07) is 14.4. The normalized spacial score (nSPS) is 10.5. The summed E-state index contributed by atoms with van der Waals surface area (Å²) in [4.78, 5) is 0. The van der Waals surface area contributed by atoms with Gasteiger partial charge in [0.25, 0.3) is 0 Å². The summed E-state index contributed by atoms with van der Waals surface area (Å²) in [5.41, 5.74) is 3.66. The quantitative estimate of drug-likeness (QED) is 0.751. The van der Waals surface area contributed by atoms with Crippen molar-refractivity contribution >= 4 is 0 Å². The number of aryl methyl sites for hydroxylation is 2. The standard InChI is InChI=1S/C19H25NO2/c1-4-20-14-17-6-5-7-18(13-17)21-8-9-22-19-11-15(2)10-16(3)12-19/h5-7,10-13,20H,4,8-9,14H2,1-3H3. The molecule has 0 saturated carbocycles. The Balaban J connectivity index is 1.78. The van der Waals surface area contributed by atoms with E-state index < -0.39 is 0 Å². The van der Waals surface area contributed by atoms with E-state index in [4.69, 9.17) is 9.47 Å². The molecule has 0 aromatic heterocycles. The molecule has 22 heavy (non-hydrogen) atoms. The Morgan fingerprint density at radius 2 is 1.55 bits per heavy atom. The van der Waals surface area contributed by atoms with Crippen LogP contribution in [-0.2, 0) is 6.54 Å². The molecule has 0 radical (unpaired) electrons. The lowest BCUT2D eigenvalue weighted by atomic mass is 10.1. The van der Waals surface area contributed by atoms with Gasteiger partial charge in [-0.25, -0.2) is 0 Å². The molecule has 0 amide bonds. The number of nitrogens with one attached hydrogen (secondary N) is 1. The first-order valence-electron chi connectivity index (χ1n) is 7.81. The van der Waals surface area contributed by atoms with Gasteiger partial charge in [-0.1, -0.05) is 25.1 Å². The molecule has 0 fully saturated rings. The molecular formula is C19H25NO2. The summed E-state index contributed by atoms with van der Waals surface area (Å²) in [6.45, 7) is 9.17. The molecule has 2 rings (SSSR count). The van der Waals surface area contributed by atoms with Gasteiger partial charge in [0.2, 0.25) is 0 Å². The van der Waals surface area contributed by atoms with Crippen molar-refractivity contribution in [3.8, 4) is 11.5 Å². The maximum absolute atomic E-state index is 5.76. The van der Waals surface area contributed by atoms with Crippen LogP contribution in [0.1, 0.15) is 23.6 Å². The van der Waals surface area contributed by atoms with Gasteiger partial charge in [-0.3, -0.25) is 0 Å². The molecule has 2 aromatic carbocycles. The third-order valence-corrected chi connectivity index (χ3v) is 3.29. The summed E-state index contributed by atoms with van der Waals surface area (Å²) in [7, 11) is 0. The van der Waals surface area contributed by atoms with Crippen LogP contribution in [0.5, 0.6) is 11.5 Å². The second kappa shape index (κ2) is 8.44. The van der Waals surface area contributed by atoms with Crippen LogP contribution in [0, 0.1) is 13.8 Å². The van der Waals surface area contributed by atoms with Crippen molar-refractivity contribution in [3.05, 3.63) is 59.2 Å². The van der Waals surface area contributed by atoms with E-state index in [1.54, 1.807) is 0 Å². The van der Waals surface area contributed by atoms with Crippen molar-refractivity contribution in [1.29, 1.82) is 0 Å². The Morgan fingerprint density at radius 1 is 0.864 bits per heavy atom. The van der Waals surface area contributed by atoms with E-state index in [1.165, 1.54) is 16.7 Å². The Hall–Kier alpha value is -2.00. The van der Waals surface area contributed by atoms with E-state index in [2.05, 4.69) is 44.3 Å². The van der Waals surface area contributed by atoms with Gasteiger partial charge >= 0.3 is 0 Å². The van der Waals surface area contributed by atoms with Crippen LogP contribution in [0.4, 0.5) is 0 Å². The molecule has 0 heterocycles. The Kier molecular flexibility index (Phi) is 6.28. The van der Waals surface area contributed by atoms with Crippen molar-refractivity contribution in [2.24, 2.45) is 0 Å². The molecular weight excluding hydrogens is 274 g/mol. The average Bonchev–Trinajstić information content (AvgIpc) is 2.49. The summed E-state index contributed by atoms with van der Waals surface area (Å²) >= 11 is 0. The lowest BCUT2D eigenvalue weighted by molar-refractivity contribution is 0.217. The van der Waals surface area contributed by atoms with Crippen LogP contribution < -0.4 is 14.8 Å². The number of benzene rings is 2. The van der Waals surface area contributed by atoms with Crippen LogP contribution in [0.25, 0.3) is 0 Å². The zero-order chi connectivity index (χ0) is 15.8. The highest BCUT2D eigenvalue weighted by molar-refractivity contribution is 5.33. The average molecular weight is 299 g/mol. The fourth-order valence-electron chi connectivity index (χ4n) is 2.35. The summed E-state index contributed by atoms with van der Waals surface area (Å²) in [6.07, 6.45) is 0. The molecule has 0 unspecified atom stereocenters. The number of ether oxygens (including phenoxy) is 2. The fraction of sp³-hybridized carbons (Fsp3) is 0.368. The third-order valence-electron chi connectivity index (χ3n) is 3.29. The predicted octanol–water partition coefficient (Wildman–Crippen LogP) is 3.87. The van der Waals surface area contributed by atoms with E-state index in [0.29, 0.717) is 13.2 Å². The molecule has 0 spiro atoms. The first kappa shape index (κ1) is 16.4. The van der Waals surface area contributed by atoms with E-state index >= 15 is 0 Å². The van der Waals surface area contributed by atoms with Gasteiger partial charge in [-0.05, 0) is 61.3 Å². The molecule has 1 N–H and O–H groups in total. The molecule has 2 aromatic rings. The molecule has 0 aliphatic rings. The summed E-state index contributed by atoms with van der Waals surface area (Å²) < 4.78 is 11.5. The van der Waals surface area contributed by atoms with Crippen molar-refractivity contribution in [2.75, 3.05) is 19.8 Å². The van der Waals surface area contributed by atoms with Crippen molar-refractivity contribution < 1.29 is 9.47 Å². The molecule has 3 heteroatoms. The lowest BCUT2D eigenvalue weighted by Crippen LogP contribution is -2.12. The zero-order valence-corrected chi connectivity index (χ0v) is 13.7. The minimum absolute atomic E-state index is 0.539. The smallest absolute Gasteiger partial charge is 0.122 e. The maximum Gasteiger partial charge on any atom is 0.122 e. The van der Waals surface area contributed by atoms with E-state index in [9.17, 15) is 0 Å². The number of rotatable bonds is 8. The second-order valence-electron chi connectivity index (χ2n) is 5.45. The topological polar surface area (TPSA) is 30.5 Å². The first-order chi connectivity index (χ1) is 10.7. The Morgan fingerprint density at radius 3 is 2.23 bits per heavy atom. The van der Waals surface area contributed by atoms with Gasteiger partial charge in [-0.15, -0.1) is 0 Å². The molecule has 3 nitrogen and oxygen atoms in total. The van der Waals surface area contributed by atoms with Crippen molar-refractivity contribution in [2.45, 2.75) is 27.3 Å². The van der Waals surface area contributed by atoms with Crippen molar-refractivity contribution in [3.63, 3.8) is 0 Å². The lowest BCUT2D eigenvalue weighted by Gasteiger charge is -2.10. The Bertz CT molecular complexity index is 575. The van der Waals surface area contributed by atoms with Crippen LogP contribution in [-0.4, -0.2) is 19.8 Å². The minimum Gasteiger partial charge on any atom is -0.490 e. The molecule has 0 atom stereocenters. The monoisotopic (exact) mass is 299 g/mol. The minimum atomic E-state index is 0.539.